The molecular formula is C17H28N2O. The van der Waals surface area contributed by atoms with Gasteiger partial charge in [-0.1, -0.05) is 19.1 Å². The van der Waals surface area contributed by atoms with Crippen LogP contribution in [0.25, 0.3) is 0 Å². The van der Waals surface area contributed by atoms with Crippen molar-refractivity contribution in [2.24, 2.45) is 5.92 Å². The normalized spacial score (nSPS) is 23.8. The monoisotopic (exact) mass is 276 g/mol. The summed E-state index contributed by atoms with van der Waals surface area (Å²) in [5.74, 6) is 1.68. The van der Waals surface area contributed by atoms with E-state index >= 15 is 0 Å². The number of likely N-dealkylation sites (tertiary alicyclic amines) is 1. The molecule has 1 aliphatic rings. The Hall–Kier alpha value is -1.06. The van der Waals surface area contributed by atoms with E-state index in [9.17, 15) is 0 Å². The van der Waals surface area contributed by atoms with Gasteiger partial charge in [-0.2, -0.15) is 0 Å². The van der Waals surface area contributed by atoms with Gasteiger partial charge in [0.15, 0.2) is 0 Å². The molecule has 0 spiro atoms. The van der Waals surface area contributed by atoms with Crippen LogP contribution in [0.3, 0.4) is 0 Å². The minimum Gasteiger partial charge on any atom is -0.494 e. The number of nitrogens with one attached hydrogen (secondary N) is 1. The van der Waals surface area contributed by atoms with Gasteiger partial charge in [0.25, 0.3) is 0 Å². The molecule has 0 aromatic heterocycles. The summed E-state index contributed by atoms with van der Waals surface area (Å²) in [5.41, 5.74) is 1.39. The zero-order valence-electron chi connectivity index (χ0n) is 13.1. The highest BCUT2D eigenvalue weighted by Crippen LogP contribution is 2.35. The fraction of sp³-hybridized carbons (Fsp3) is 0.647. The molecule has 0 saturated carbocycles. The standard InChI is InChI=1S/C17H28N2O/c1-4-18-13-15-9-7-11-19(3)17(15)14-8-6-10-16(12-14)20-5-2/h6,8,10,12,15,17-18H,4-5,7,9,11,13H2,1-3H3. The van der Waals surface area contributed by atoms with E-state index < -0.39 is 0 Å². The number of nitrogens with zero attached hydrogens (tertiary/aromatic N) is 1. The third kappa shape index (κ3) is 3.74. The van der Waals surface area contributed by atoms with Crippen LogP contribution in [0, 0.1) is 5.92 Å². The lowest BCUT2D eigenvalue weighted by Crippen LogP contribution is -2.40. The van der Waals surface area contributed by atoms with Gasteiger partial charge in [-0.05, 0) is 70.1 Å². The molecule has 2 atom stereocenters. The van der Waals surface area contributed by atoms with Gasteiger partial charge < -0.3 is 10.1 Å². The Morgan fingerprint density at radius 1 is 1.35 bits per heavy atom. The average Bonchev–Trinajstić information content (AvgIpc) is 2.46. The number of hydrogen-bond acceptors (Lipinski definition) is 3. The third-order valence-corrected chi connectivity index (χ3v) is 4.17. The van der Waals surface area contributed by atoms with Crippen LogP contribution in [-0.2, 0) is 0 Å². The Morgan fingerprint density at radius 2 is 2.20 bits per heavy atom. The lowest BCUT2D eigenvalue weighted by atomic mass is 9.85. The average molecular weight is 276 g/mol. The third-order valence-electron chi connectivity index (χ3n) is 4.17. The van der Waals surface area contributed by atoms with Gasteiger partial charge in [0.05, 0.1) is 6.61 Å². The van der Waals surface area contributed by atoms with Crippen LogP contribution in [0.15, 0.2) is 24.3 Å². The van der Waals surface area contributed by atoms with Crippen LogP contribution in [0.2, 0.25) is 0 Å². The fourth-order valence-corrected chi connectivity index (χ4v) is 3.28. The van der Waals surface area contributed by atoms with Crippen molar-refractivity contribution in [3.8, 4) is 5.75 Å². The van der Waals surface area contributed by atoms with Gasteiger partial charge in [0, 0.05) is 6.04 Å². The molecule has 20 heavy (non-hydrogen) atoms. The summed E-state index contributed by atoms with van der Waals surface area (Å²) >= 11 is 0. The lowest BCUT2D eigenvalue weighted by Gasteiger charge is -2.40. The minimum atomic E-state index is 0.503. The van der Waals surface area contributed by atoms with Crippen molar-refractivity contribution in [2.45, 2.75) is 32.7 Å². The molecule has 1 saturated heterocycles. The van der Waals surface area contributed by atoms with Gasteiger partial charge in [-0.3, -0.25) is 4.90 Å². The Balaban J connectivity index is 2.18. The molecular weight excluding hydrogens is 248 g/mol. The van der Waals surface area contributed by atoms with Crippen LogP contribution in [0.4, 0.5) is 0 Å². The first-order chi connectivity index (χ1) is 9.76. The van der Waals surface area contributed by atoms with E-state index in [2.05, 4.69) is 48.5 Å². The SMILES string of the molecule is CCNCC1CCCN(C)C1c1cccc(OCC)c1. The molecule has 0 radical (unpaired) electrons. The van der Waals surface area contributed by atoms with Gasteiger partial charge in [0.2, 0.25) is 0 Å². The second-order valence-corrected chi connectivity index (χ2v) is 5.64. The highest BCUT2D eigenvalue weighted by atomic mass is 16.5. The van der Waals surface area contributed by atoms with E-state index in [0.29, 0.717) is 12.0 Å². The summed E-state index contributed by atoms with van der Waals surface area (Å²) < 4.78 is 5.65. The van der Waals surface area contributed by atoms with Crippen LogP contribution < -0.4 is 10.1 Å². The summed E-state index contributed by atoms with van der Waals surface area (Å²) in [6.07, 6.45) is 2.61. The molecule has 0 bridgehead atoms. The quantitative estimate of drug-likeness (QED) is 0.864. The number of hydrogen-bond donors (Lipinski definition) is 1. The molecule has 0 aliphatic carbocycles. The number of piperidine rings is 1. The van der Waals surface area contributed by atoms with Gasteiger partial charge in [-0.25, -0.2) is 0 Å². The Kier molecular flexibility index (Phi) is 5.86. The van der Waals surface area contributed by atoms with Crippen LogP contribution >= 0.6 is 0 Å². The largest absolute Gasteiger partial charge is 0.494 e. The van der Waals surface area contributed by atoms with E-state index in [1.807, 2.05) is 6.92 Å². The van der Waals surface area contributed by atoms with Crippen molar-refractivity contribution in [2.75, 3.05) is 33.3 Å². The number of benzene rings is 1. The first-order valence-corrected chi connectivity index (χ1v) is 7.90. The van der Waals surface area contributed by atoms with Crippen LogP contribution in [0.1, 0.15) is 38.3 Å². The fourth-order valence-electron chi connectivity index (χ4n) is 3.28. The molecule has 0 amide bonds. The molecule has 3 heteroatoms. The molecule has 2 unspecified atom stereocenters. The van der Waals surface area contributed by atoms with Crippen molar-refractivity contribution >= 4 is 0 Å². The Bertz CT molecular complexity index is 408. The molecule has 1 aliphatic heterocycles. The van der Waals surface area contributed by atoms with Gasteiger partial charge in [0.1, 0.15) is 5.75 Å². The summed E-state index contributed by atoms with van der Waals surface area (Å²) in [7, 11) is 2.25. The molecule has 112 valence electrons. The summed E-state index contributed by atoms with van der Waals surface area (Å²) in [5, 5.41) is 3.52. The van der Waals surface area contributed by atoms with E-state index in [-0.39, 0.29) is 0 Å². The van der Waals surface area contributed by atoms with E-state index in [0.717, 1.165) is 25.4 Å². The first kappa shape index (κ1) is 15.3. The highest BCUT2D eigenvalue weighted by Gasteiger charge is 2.30. The number of rotatable bonds is 6. The second kappa shape index (κ2) is 7.65. The molecule has 1 heterocycles. The van der Waals surface area contributed by atoms with Crippen LogP contribution in [0.5, 0.6) is 5.75 Å². The highest BCUT2D eigenvalue weighted by molar-refractivity contribution is 5.31. The summed E-state index contributed by atoms with van der Waals surface area (Å²) in [6.45, 7) is 8.28. The molecule has 1 aromatic carbocycles. The van der Waals surface area contributed by atoms with Gasteiger partial charge >= 0.3 is 0 Å². The first-order valence-electron chi connectivity index (χ1n) is 7.90. The molecule has 2 rings (SSSR count). The van der Waals surface area contributed by atoms with Gasteiger partial charge in [-0.15, -0.1) is 0 Å². The Labute approximate surface area is 123 Å². The Morgan fingerprint density at radius 3 is 2.95 bits per heavy atom. The minimum absolute atomic E-state index is 0.503. The van der Waals surface area contributed by atoms with Crippen LogP contribution in [-0.4, -0.2) is 38.2 Å². The predicted octanol–water partition coefficient (Wildman–Crippen LogP) is 3.08. The maximum absolute atomic E-state index is 5.65. The molecule has 1 fully saturated rings. The van der Waals surface area contributed by atoms with Crippen molar-refractivity contribution in [3.63, 3.8) is 0 Å². The molecule has 1 aromatic rings. The molecule has 1 N–H and O–H groups in total. The van der Waals surface area contributed by atoms with E-state index in [1.54, 1.807) is 0 Å². The van der Waals surface area contributed by atoms with E-state index in [4.69, 9.17) is 4.74 Å². The predicted molar refractivity (Wildman–Crippen MR) is 84.2 cm³/mol. The summed E-state index contributed by atoms with van der Waals surface area (Å²) in [6, 6.07) is 9.13. The second-order valence-electron chi connectivity index (χ2n) is 5.64. The zero-order chi connectivity index (χ0) is 14.4. The lowest BCUT2D eigenvalue weighted by molar-refractivity contribution is 0.119. The smallest absolute Gasteiger partial charge is 0.119 e. The number of ether oxygens (including phenoxy) is 1. The topological polar surface area (TPSA) is 24.5 Å². The van der Waals surface area contributed by atoms with Crippen molar-refractivity contribution in [1.29, 1.82) is 0 Å². The zero-order valence-corrected chi connectivity index (χ0v) is 13.1. The maximum atomic E-state index is 5.65. The maximum Gasteiger partial charge on any atom is 0.119 e. The summed E-state index contributed by atoms with van der Waals surface area (Å²) in [4.78, 5) is 2.50. The van der Waals surface area contributed by atoms with Crippen molar-refractivity contribution in [1.82, 2.24) is 10.2 Å². The van der Waals surface area contributed by atoms with Crippen molar-refractivity contribution in [3.05, 3.63) is 29.8 Å². The van der Waals surface area contributed by atoms with E-state index in [1.165, 1.54) is 24.9 Å². The van der Waals surface area contributed by atoms with Crippen molar-refractivity contribution < 1.29 is 4.74 Å². The molecule has 3 nitrogen and oxygen atoms in total.